The first-order valence-corrected chi connectivity index (χ1v) is 9.89. The maximum Gasteiger partial charge on any atom is 0.273 e. The number of carbonyl (C=O) groups excluding carboxylic acids is 1. The summed E-state index contributed by atoms with van der Waals surface area (Å²) < 4.78 is 11.5. The molecule has 0 bridgehead atoms. The molecule has 0 radical (unpaired) electrons. The van der Waals surface area contributed by atoms with Crippen LogP contribution in [0, 0.1) is 6.92 Å². The molecule has 154 valence electrons. The summed E-state index contributed by atoms with van der Waals surface area (Å²) in [6.07, 6.45) is 3.07. The molecule has 3 aromatic rings. The number of amides is 1. The number of aromatic nitrogens is 2. The fourth-order valence-corrected chi connectivity index (χ4v) is 3.51. The Morgan fingerprint density at radius 3 is 2.23 bits per heavy atom. The number of hydrogen-bond acceptors (Lipinski definition) is 5. The molecule has 1 aliphatic rings. The predicted octanol–water partition coefficient (Wildman–Crippen LogP) is 3.38. The van der Waals surface area contributed by atoms with E-state index in [-0.39, 0.29) is 17.9 Å². The Kier molecular flexibility index (Phi) is 5.50. The van der Waals surface area contributed by atoms with Crippen LogP contribution in [0.5, 0.6) is 5.75 Å². The Hall–Kier alpha value is -3.25. The van der Waals surface area contributed by atoms with Gasteiger partial charge in [0.15, 0.2) is 0 Å². The second kappa shape index (κ2) is 8.24. The van der Waals surface area contributed by atoms with Crippen LogP contribution in [0.4, 0.5) is 0 Å². The minimum absolute atomic E-state index is 0.0986. The largest absolute Gasteiger partial charge is 0.487 e. The van der Waals surface area contributed by atoms with E-state index in [1.165, 1.54) is 27.8 Å². The lowest BCUT2D eigenvalue weighted by molar-refractivity contribution is -0.0380. The number of nitrogens with zero attached hydrogens (tertiary/aromatic N) is 3. The summed E-state index contributed by atoms with van der Waals surface area (Å²) in [5.74, 6) is 0.557. The number of benzene rings is 2. The smallest absolute Gasteiger partial charge is 0.273 e. The number of hydrogen-bond donors (Lipinski definition) is 0. The van der Waals surface area contributed by atoms with Gasteiger partial charge in [-0.25, -0.2) is 4.98 Å². The molecule has 4 rings (SSSR count). The maximum atomic E-state index is 12.0. The summed E-state index contributed by atoms with van der Waals surface area (Å²) in [6, 6.07) is 16.8. The zero-order chi connectivity index (χ0) is 21.1. The highest BCUT2D eigenvalue weighted by Crippen LogP contribution is 2.39. The third-order valence-electron chi connectivity index (χ3n) is 5.40. The van der Waals surface area contributed by atoms with E-state index in [1.807, 2.05) is 12.1 Å². The van der Waals surface area contributed by atoms with Crippen molar-refractivity contribution in [1.29, 1.82) is 0 Å². The molecule has 6 nitrogen and oxygen atoms in total. The molecule has 1 fully saturated rings. The number of rotatable bonds is 6. The topological polar surface area (TPSA) is 64.5 Å². The molecule has 0 N–H and O–H groups in total. The van der Waals surface area contributed by atoms with Gasteiger partial charge >= 0.3 is 0 Å². The maximum absolute atomic E-state index is 12.0. The van der Waals surface area contributed by atoms with Gasteiger partial charge in [0, 0.05) is 14.1 Å². The van der Waals surface area contributed by atoms with Crippen LogP contribution in [-0.4, -0.2) is 48.1 Å². The highest BCUT2D eigenvalue weighted by Gasteiger charge is 2.41. The van der Waals surface area contributed by atoms with Crippen molar-refractivity contribution in [2.24, 2.45) is 0 Å². The van der Waals surface area contributed by atoms with Crippen LogP contribution in [0.25, 0.3) is 0 Å². The molecule has 0 aliphatic carbocycles. The van der Waals surface area contributed by atoms with Gasteiger partial charge in [0.2, 0.25) is 0 Å². The molecule has 0 unspecified atom stereocenters. The molecule has 2 heterocycles. The lowest BCUT2D eigenvalue weighted by Gasteiger charge is -2.42. The lowest BCUT2D eigenvalue weighted by atomic mass is 9.73. The minimum Gasteiger partial charge on any atom is -0.487 e. The Morgan fingerprint density at radius 1 is 1.03 bits per heavy atom. The van der Waals surface area contributed by atoms with Gasteiger partial charge in [-0.15, -0.1) is 0 Å². The van der Waals surface area contributed by atoms with E-state index in [1.54, 1.807) is 20.3 Å². The zero-order valence-electron chi connectivity index (χ0n) is 17.5. The van der Waals surface area contributed by atoms with Crippen molar-refractivity contribution in [3.8, 4) is 5.75 Å². The number of carbonyl (C=O) groups is 1. The molecule has 1 saturated heterocycles. The SMILES string of the molecule is Cc1ccc(C2(c3ccc(OCc4cncc(C(=O)N(C)C)n4)cc3)COC2)cc1. The van der Waals surface area contributed by atoms with Gasteiger partial charge in [-0.2, -0.15) is 0 Å². The molecule has 1 amide bonds. The summed E-state index contributed by atoms with van der Waals surface area (Å²) in [5, 5.41) is 0. The van der Waals surface area contributed by atoms with Crippen LogP contribution in [0.2, 0.25) is 0 Å². The Labute approximate surface area is 176 Å². The third-order valence-corrected chi connectivity index (χ3v) is 5.40. The molecule has 6 heteroatoms. The zero-order valence-corrected chi connectivity index (χ0v) is 17.5. The Bertz CT molecular complexity index is 1030. The van der Waals surface area contributed by atoms with Crippen molar-refractivity contribution in [2.45, 2.75) is 18.9 Å². The van der Waals surface area contributed by atoms with Gasteiger partial charge in [0.25, 0.3) is 5.91 Å². The first-order valence-electron chi connectivity index (χ1n) is 9.89. The van der Waals surface area contributed by atoms with Gasteiger partial charge in [0.05, 0.1) is 36.7 Å². The molecule has 30 heavy (non-hydrogen) atoms. The summed E-state index contributed by atoms with van der Waals surface area (Å²) >= 11 is 0. The summed E-state index contributed by atoms with van der Waals surface area (Å²) in [6.45, 7) is 3.69. The van der Waals surface area contributed by atoms with Crippen molar-refractivity contribution in [2.75, 3.05) is 27.3 Å². The van der Waals surface area contributed by atoms with Crippen molar-refractivity contribution in [1.82, 2.24) is 14.9 Å². The molecule has 0 spiro atoms. The highest BCUT2D eigenvalue weighted by atomic mass is 16.5. The van der Waals surface area contributed by atoms with Gasteiger partial charge in [-0.05, 0) is 30.2 Å². The normalized spacial score (nSPS) is 14.6. The summed E-state index contributed by atoms with van der Waals surface area (Å²) in [4.78, 5) is 22.0. The second-order valence-corrected chi connectivity index (χ2v) is 7.85. The van der Waals surface area contributed by atoms with Crippen LogP contribution in [0.1, 0.15) is 32.9 Å². The predicted molar refractivity (Wildman–Crippen MR) is 114 cm³/mol. The van der Waals surface area contributed by atoms with Crippen molar-refractivity contribution in [3.63, 3.8) is 0 Å². The average Bonchev–Trinajstić information content (AvgIpc) is 2.73. The Morgan fingerprint density at radius 2 is 1.67 bits per heavy atom. The summed E-state index contributed by atoms with van der Waals surface area (Å²) in [5.41, 5.74) is 4.54. The van der Waals surface area contributed by atoms with Crippen LogP contribution < -0.4 is 4.74 Å². The van der Waals surface area contributed by atoms with E-state index in [4.69, 9.17) is 9.47 Å². The highest BCUT2D eigenvalue weighted by molar-refractivity contribution is 5.91. The Balaban J connectivity index is 1.46. The average molecular weight is 403 g/mol. The van der Waals surface area contributed by atoms with Crippen LogP contribution >= 0.6 is 0 Å². The fraction of sp³-hybridized carbons (Fsp3) is 0.292. The van der Waals surface area contributed by atoms with E-state index in [0.29, 0.717) is 24.6 Å². The van der Waals surface area contributed by atoms with E-state index in [9.17, 15) is 4.79 Å². The summed E-state index contributed by atoms with van der Waals surface area (Å²) in [7, 11) is 3.37. The molecule has 0 atom stereocenters. The molecule has 0 saturated carbocycles. The van der Waals surface area contributed by atoms with Gasteiger partial charge in [-0.1, -0.05) is 42.0 Å². The van der Waals surface area contributed by atoms with Crippen molar-refractivity contribution in [3.05, 3.63) is 89.0 Å². The first kappa shape index (κ1) is 20.0. The fourth-order valence-electron chi connectivity index (χ4n) is 3.51. The molecule has 2 aromatic carbocycles. The van der Waals surface area contributed by atoms with Crippen LogP contribution in [0.15, 0.2) is 60.9 Å². The standard InChI is InChI=1S/C24H25N3O3/c1-17-4-6-18(7-5-17)24(15-29-16-24)19-8-10-21(11-9-19)30-14-20-12-25-13-22(26-20)23(28)27(2)3/h4-13H,14-16H2,1-3H3. The van der Waals surface area contributed by atoms with Gasteiger partial charge in [0.1, 0.15) is 18.1 Å². The van der Waals surface area contributed by atoms with Gasteiger partial charge < -0.3 is 14.4 Å². The minimum atomic E-state index is -0.183. The van der Waals surface area contributed by atoms with Crippen LogP contribution in [-0.2, 0) is 16.8 Å². The van der Waals surface area contributed by atoms with Crippen LogP contribution in [0.3, 0.4) is 0 Å². The van der Waals surface area contributed by atoms with E-state index < -0.39 is 0 Å². The van der Waals surface area contributed by atoms with E-state index >= 15 is 0 Å². The molecular formula is C24H25N3O3. The molecule has 1 aromatic heterocycles. The monoisotopic (exact) mass is 403 g/mol. The lowest BCUT2D eigenvalue weighted by Crippen LogP contribution is -2.47. The molecule has 1 aliphatic heterocycles. The third kappa shape index (κ3) is 3.91. The van der Waals surface area contributed by atoms with Crippen molar-refractivity contribution < 1.29 is 14.3 Å². The number of ether oxygens (including phenoxy) is 2. The second-order valence-electron chi connectivity index (χ2n) is 7.85. The quantitative estimate of drug-likeness (QED) is 0.631. The van der Waals surface area contributed by atoms with Crippen molar-refractivity contribution >= 4 is 5.91 Å². The first-order chi connectivity index (χ1) is 14.5. The van der Waals surface area contributed by atoms with E-state index in [0.717, 1.165) is 5.75 Å². The van der Waals surface area contributed by atoms with E-state index in [2.05, 4.69) is 53.3 Å². The number of aryl methyl sites for hydroxylation is 1. The molecular weight excluding hydrogens is 378 g/mol. The van der Waals surface area contributed by atoms with Gasteiger partial charge in [-0.3, -0.25) is 9.78 Å².